The summed E-state index contributed by atoms with van der Waals surface area (Å²) in [5.74, 6) is -1.28. The molecule has 27 heavy (non-hydrogen) atoms. The molecule has 4 nitrogen and oxygen atoms in total. The fourth-order valence-corrected chi connectivity index (χ4v) is 3.25. The van der Waals surface area contributed by atoms with Gasteiger partial charge in [-0.2, -0.15) is 0 Å². The van der Waals surface area contributed by atoms with Crippen molar-refractivity contribution < 1.29 is 31.8 Å². The largest absolute Gasteiger partial charge is 0.573 e. The summed E-state index contributed by atoms with van der Waals surface area (Å²) in [5.41, 5.74) is 0.626. The molecular weight excluding hydrogens is 434 g/mol. The minimum atomic E-state index is -4.84. The quantitative estimate of drug-likeness (QED) is 0.395. The fraction of sp³-hybridized carbons (Fsp3) is 0.167. The number of fused-ring (bicyclic) bond motifs is 1. The van der Waals surface area contributed by atoms with Crippen LogP contribution in [0.3, 0.4) is 0 Å². The van der Waals surface area contributed by atoms with Crippen LogP contribution in [0, 0.1) is 5.82 Å². The first-order chi connectivity index (χ1) is 12.7. The molecule has 0 amide bonds. The van der Waals surface area contributed by atoms with E-state index >= 15 is 0 Å². The molecule has 142 valence electrons. The van der Waals surface area contributed by atoms with Gasteiger partial charge in [-0.15, -0.1) is 13.2 Å². The summed E-state index contributed by atoms with van der Waals surface area (Å²) >= 11 is 3.26. The maximum absolute atomic E-state index is 13.4. The molecular formula is C18H12BrF4NO3. The summed E-state index contributed by atoms with van der Waals surface area (Å²) in [6.45, 7) is 0. The van der Waals surface area contributed by atoms with E-state index in [1.807, 2.05) is 0 Å². The molecule has 0 aliphatic carbocycles. The molecule has 0 bridgehead atoms. The monoisotopic (exact) mass is 445 g/mol. The van der Waals surface area contributed by atoms with Crippen LogP contribution in [-0.4, -0.2) is 23.9 Å². The third-order valence-corrected chi connectivity index (χ3v) is 4.71. The number of halogens is 5. The molecule has 2 aromatic carbocycles. The standard InChI is InChI=1S/C18H12BrF4NO3/c1-26-15-8-11(20)3-5-13(15)16(19)17(25)24-7-6-10-2-4-12(9-14(10)24)27-18(21,22)23/h2-9,16H,1H3. The van der Waals surface area contributed by atoms with E-state index in [4.69, 9.17) is 4.74 Å². The number of nitrogens with zero attached hydrogens (tertiary/aromatic N) is 1. The molecule has 0 aliphatic heterocycles. The van der Waals surface area contributed by atoms with Crippen LogP contribution in [0.15, 0.2) is 48.7 Å². The Bertz CT molecular complexity index is 1000. The molecule has 0 N–H and O–H groups in total. The number of methoxy groups -OCH3 is 1. The average molecular weight is 446 g/mol. The van der Waals surface area contributed by atoms with Gasteiger partial charge < -0.3 is 9.47 Å². The first kappa shape index (κ1) is 19.2. The van der Waals surface area contributed by atoms with E-state index in [1.54, 1.807) is 6.07 Å². The molecule has 0 saturated carbocycles. The lowest BCUT2D eigenvalue weighted by Gasteiger charge is -2.15. The predicted molar refractivity (Wildman–Crippen MR) is 93.9 cm³/mol. The van der Waals surface area contributed by atoms with Gasteiger partial charge in [-0.25, -0.2) is 4.39 Å². The van der Waals surface area contributed by atoms with Gasteiger partial charge in [0.1, 0.15) is 22.1 Å². The van der Waals surface area contributed by atoms with E-state index in [1.165, 1.54) is 42.1 Å². The molecule has 9 heteroatoms. The summed E-state index contributed by atoms with van der Waals surface area (Å²) in [4.78, 5) is 12.0. The maximum atomic E-state index is 13.4. The number of hydrogen-bond donors (Lipinski definition) is 0. The molecule has 0 aliphatic rings. The van der Waals surface area contributed by atoms with Crippen molar-refractivity contribution in [2.24, 2.45) is 0 Å². The van der Waals surface area contributed by atoms with E-state index in [0.29, 0.717) is 10.9 Å². The zero-order chi connectivity index (χ0) is 19.8. The zero-order valence-electron chi connectivity index (χ0n) is 13.8. The first-order valence-corrected chi connectivity index (χ1v) is 8.50. The summed E-state index contributed by atoms with van der Waals surface area (Å²) in [6.07, 6.45) is -3.40. The lowest BCUT2D eigenvalue weighted by atomic mass is 10.1. The minimum Gasteiger partial charge on any atom is -0.496 e. The van der Waals surface area contributed by atoms with Crippen molar-refractivity contribution in [2.45, 2.75) is 11.2 Å². The number of hydrogen-bond acceptors (Lipinski definition) is 3. The zero-order valence-corrected chi connectivity index (χ0v) is 15.3. The number of ether oxygens (including phenoxy) is 2. The van der Waals surface area contributed by atoms with Gasteiger partial charge in [-0.1, -0.05) is 22.0 Å². The van der Waals surface area contributed by atoms with Crippen LogP contribution >= 0.6 is 15.9 Å². The highest BCUT2D eigenvalue weighted by atomic mass is 79.9. The van der Waals surface area contributed by atoms with Crippen LogP contribution in [0.4, 0.5) is 17.6 Å². The SMILES string of the molecule is COc1cc(F)ccc1C(Br)C(=O)n1ccc2ccc(OC(F)(F)F)cc21. The number of aromatic nitrogens is 1. The Morgan fingerprint density at radius 2 is 1.89 bits per heavy atom. The van der Waals surface area contributed by atoms with E-state index in [-0.39, 0.29) is 11.3 Å². The van der Waals surface area contributed by atoms with Gasteiger partial charge in [-0.05, 0) is 24.3 Å². The smallest absolute Gasteiger partial charge is 0.496 e. The Morgan fingerprint density at radius 1 is 1.15 bits per heavy atom. The summed E-state index contributed by atoms with van der Waals surface area (Å²) < 4.78 is 60.9. The molecule has 1 aromatic heterocycles. The number of carbonyl (C=O) groups excluding carboxylic acids is 1. The van der Waals surface area contributed by atoms with Crippen LogP contribution in [0.5, 0.6) is 11.5 Å². The van der Waals surface area contributed by atoms with Crippen molar-refractivity contribution in [1.29, 1.82) is 0 Å². The van der Waals surface area contributed by atoms with Crippen molar-refractivity contribution in [3.8, 4) is 11.5 Å². The molecule has 3 aromatic rings. The van der Waals surface area contributed by atoms with Crippen LogP contribution < -0.4 is 9.47 Å². The molecule has 1 atom stereocenters. The number of rotatable bonds is 4. The van der Waals surface area contributed by atoms with Gasteiger partial charge in [0.2, 0.25) is 5.91 Å². The normalized spacial score (nSPS) is 12.8. The highest BCUT2D eigenvalue weighted by Crippen LogP contribution is 2.35. The van der Waals surface area contributed by atoms with E-state index in [2.05, 4.69) is 20.7 Å². The molecule has 0 fully saturated rings. The topological polar surface area (TPSA) is 40.5 Å². The Hall–Kier alpha value is -2.55. The average Bonchev–Trinajstić information content (AvgIpc) is 3.02. The van der Waals surface area contributed by atoms with Gasteiger partial charge in [0, 0.05) is 29.3 Å². The molecule has 1 unspecified atom stereocenters. The summed E-state index contributed by atoms with van der Waals surface area (Å²) in [7, 11) is 1.34. The van der Waals surface area contributed by atoms with Crippen molar-refractivity contribution in [1.82, 2.24) is 4.57 Å². The van der Waals surface area contributed by atoms with Crippen molar-refractivity contribution >= 4 is 32.7 Å². The Labute approximate surface area is 159 Å². The summed E-state index contributed by atoms with van der Waals surface area (Å²) in [6, 6.07) is 9.02. The number of carbonyl (C=O) groups is 1. The highest BCUT2D eigenvalue weighted by Gasteiger charge is 2.31. The van der Waals surface area contributed by atoms with E-state index in [0.717, 1.165) is 12.1 Å². The molecule has 3 rings (SSSR count). The van der Waals surface area contributed by atoms with Gasteiger partial charge in [0.05, 0.1) is 12.6 Å². The molecule has 0 spiro atoms. The van der Waals surface area contributed by atoms with Crippen LogP contribution in [0.2, 0.25) is 0 Å². The van der Waals surface area contributed by atoms with Gasteiger partial charge >= 0.3 is 6.36 Å². The first-order valence-electron chi connectivity index (χ1n) is 7.58. The van der Waals surface area contributed by atoms with Crippen LogP contribution in [0.1, 0.15) is 15.2 Å². The Balaban J connectivity index is 1.99. The Kier molecular flexibility index (Phi) is 5.14. The lowest BCUT2D eigenvalue weighted by molar-refractivity contribution is -0.274. The second-order valence-corrected chi connectivity index (χ2v) is 6.46. The lowest BCUT2D eigenvalue weighted by Crippen LogP contribution is -2.18. The number of alkyl halides is 4. The van der Waals surface area contributed by atoms with Crippen molar-refractivity contribution in [2.75, 3.05) is 7.11 Å². The molecule has 1 heterocycles. The Morgan fingerprint density at radius 3 is 2.56 bits per heavy atom. The van der Waals surface area contributed by atoms with Gasteiger partial charge in [0.15, 0.2) is 0 Å². The highest BCUT2D eigenvalue weighted by molar-refractivity contribution is 9.09. The predicted octanol–water partition coefficient (Wildman–Crippen LogP) is 5.46. The van der Waals surface area contributed by atoms with Crippen molar-refractivity contribution in [3.05, 3.63) is 60.0 Å². The second kappa shape index (κ2) is 7.22. The second-order valence-electron chi connectivity index (χ2n) is 5.54. The number of benzene rings is 2. The molecule has 0 radical (unpaired) electrons. The van der Waals surface area contributed by atoms with E-state index < -0.39 is 28.7 Å². The third-order valence-electron chi connectivity index (χ3n) is 3.82. The van der Waals surface area contributed by atoms with Gasteiger partial charge in [-0.3, -0.25) is 9.36 Å². The van der Waals surface area contributed by atoms with Gasteiger partial charge in [0.25, 0.3) is 0 Å². The molecule has 0 saturated heterocycles. The van der Waals surface area contributed by atoms with Crippen LogP contribution in [0.25, 0.3) is 10.9 Å². The minimum absolute atomic E-state index is 0.169. The maximum Gasteiger partial charge on any atom is 0.573 e. The van der Waals surface area contributed by atoms with E-state index in [9.17, 15) is 22.4 Å². The fourth-order valence-electron chi connectivity index (χ4n) is 2.65. The van der Waals surface area contributed by atoms with Crippen LogP contribution in [-0.2, 0) is 0 Å². The van der Waals surface area contributed by atoms with Crippen molar-refractivity contribution in [3.63, 3.8) is 0 Å². The third kappa shape index (κ3) is 4.08. The summed E-state index contributed by atoms with van der Waals surface area (Å²) in [5, 5.41) is 0.559.